The maximum absolute atomic E-state index is 11.3. The van der Waals surface area contributed by atoms with Gasteiger partial charge in [0.2, 0.25) is 0 Å². The Morgan fingerprint density at radius 2 is 2.06 bits per heavy atom. The molecule has 0 aliphatic heterocycles. The second kappa shape index (κ2) is 6.02. The zero-order chi connectivity index (χ0) is 13.0. The van der Waals surface area contributed by atoms with Gasteiger partial charge in [-0.25, -0.2) is 0 Å². The number of aliphatic hydroxyl groups excluding tert-OH is 1. The van der Waals surface area contributed by atoms with Crippen LogP contribution in [0.5, 0.6) is 5.75 Å². The Bertz CT molecular complexity index is 405. The summed E-state index contributed by atoms with van der Waals surface area (Å²) in [7, 11) is 2.86. The molecule has 0 aliphatic rings. The SMILES string of the molecule is COC(=O)C(C)C(O)c1ccc(OC)c(Br)c1. The third-order valence-electron chi connectivity index (χ3n) is 2.56. The zero-order valence-corrected chi connectivity index (χ0v) is 11.5. The van der Waals surface area contributed by atoms with E-state index < -0.39 is 18.0 Å². The van der Waals surface area contributed by atoms with Crippen LogP contribution in [0.15, 0.2) is 22.7 Å². The number of carbonyl (C=O) groups excluding carboxylic acids is 1. The van der Waals surface area contributed by atoms with Gasteiger partial charge in [-0.1, -0.05) is 6.07 Å². The van der Waals surface area contributed by atoms with E-state index in [0.29, 0.717) is 11.3 Å². The largest absolute Gasteiger partial charge is 0.496 e. The molecule has 4 nitrogen and oxygen atoms in total. The smallest absolute Gasteiger partial charge is 0.311 e. The molecule has 17 heavy (non-hydrogen) atoms. The monoisotopic (exact) mass is 302 g/mol. The van der Waals surface area contributed by atoms with Crippen LogP contribution in [-0.4, -0.2) is 25.3 Å². The van der Waals surface area contributed by atoms with Crippen molar-refractivity contribution in [2.45, 2.75) is 13.0 Å². The Kier molecular flexibility index (Phi) is 4.96. The number of esters is 1. The number of rotatable bonds is 4. The summed E-state index contributed by atoms with van der Waals surface area (Å²) in [6.07, 6.45) is -0.898. The van der Waals surface area contributed by atoms with Gasteiger partial charge in [0.1, 0.15) is 5.75 Å². The van der Waals surface area contributed by atoms with Crippen molar-refractivity contribution < 1.29 is 19.4 Å². The van der Waals surface area contributed by atoms with E-state index in [1.165, 1.54) is 7.11 Å². The summed E-state index contributed by atoms with van der Waals surface area (Å²) in [5.41, 5.74) is 0.635. The maximum atomic E-state index is 11.3. The zero-order valence-electron chi connectivity index (χ0n) is 9.94. The summed E-state index contributed by atoms with van der Waals surface area (Å²) in [5.74, 6) is -0.378. The van der Waals surface area contributed by atoms with Crippen molar-refractivity contribution in [2.75, 3.05) is 14.2 Å². The number of hydrogen-bond donors (Lipinski definition) is 1. The number of methoxy groups -OCH3 is 2. The standard InChI is InChI=1S/C12H15BrO4/c1-7(12(15)17-3)11(14)8-4-5-10(16-2)9(13)6-8/h4-7,11,14H,1-3H3. The topological polar surface area (TPSA) is 55.8 Å². The van der Waals surface area contributed by atoms with Crippen LogP contribution < -0.4 is 4.74 Å². The van der Waals surface area contributed by atoms with Crippen LogP contribution in [0, 0.1) is 5.92 Å². The van der Waals surface area contributed by atoms with Gasteiger partial charge in [-0.3, -0.25) is 4.79 Å². The third-order valence-corrected chi connectivity index (χ3v) is 3.18. The Hall–Kier alpha value is -1.07. The van der Waals surface area contributed by atoms with Crippen LogP contribution >= 0.6 is 15.9 Å². The minimum atomic E-state index is -0.898. The van der Waals surface area contributed by atoms with Gasteiger partial charge in [0.15, 0.2) is 0 Å². The van der Waals surface area contributed by atoms with E-state index in [1.807, 2.05) is 0 Å². The number of hydrogen-bond acceptors (Lipinski definition) is 4. The first kappa shape index (κ1) is 14.0. The van der Waals surface area contributed by atoms with Crippen molar-refractivity contribution in [3.8, 4) is 5.75 Å². The lowest BCUT2D eigenvalue weighted by molar-refractivity contribution is -0.148. The van der Waals surface area contributed by atoms with Gasteiger partial charge in [0, 0.05) is 0 Å². The number of halogens is 1. The molecular formula is C12H15BrO4. The van der Waals surface area contributed by atoms with Gasteiger partial charge < -0.3 is 14.6 Å². The van der Waals surface area contributed by atoms with E-state index >= 15 is 0 Å². The minimum absolute atomic E-state index is 0.440. The second-order valence-corrected chi connectivity index (χ2v) is 4.50. The van der Waals surface area contributed by atoms with Gasteiger partial charge in [0.25, 0.3) is 0 Å². The van der Waals surface area contributed by atoms with E-state index in [2.05, 4.69) is 20.7 Å². The normalized spacial score (nSPS) is 13.9. The molecule has 2 atom stereocenters. The summed E-state index contributed by atoms with van der Waals surface area (Å²) in [6.45, 7) is 1.62. The molecule has 0 radical (unpaired) electrons. The summed E-state index contributed by atoms with van der Waals surface area (Å²) in [6, 6.07) is 5.17. The van der Waals surface area contributed by atoms with Crippen LogP contribution in [0.3, 0.4) is 0 Å². The fourth-order valence-electron chi connectivity index (χ4n) is 1.47. The molecule has 1 aromatic rings. The molecule has 0 fully saturated rings. The molecule has 0 aromatic heterocycles. The Balaban J connectivity index is 2.93. The van der Waals surface area contributed by atoms with Gasteiger partial charge in [-0.15, -0.1) is 0 Å². The molecule has 94 valence electrons. The maximum Gasteiger partial charge on any atom is 0.311 e. The highest BCUT2D eigenvalue weighted by Gasteiger charge is 2.24. The lowest BCUT2D eigenvalue weighted by Gasteiger charge is -2.17. The minimum Gasteiger partial charge on any atom is -0.496 e. The highest BCUT2D eigenvalue weighted by atomic mass is 79.9. The second-order valence-electron chi connectivity index (χ2n) is 3.65. The molecule has 1 aromatic carbocycles. The number of benzene rings is 1. The summed E-state index contributed by atoms with van der Waals surface area (Å²) < 4.78 is 10.4. The Morgan fingerprint density at radius 3 is 2.53 bits per heavy atom. The van der Waals surface area contributed by atoms with E-state index in [9.17, 15) is 9.90 Å². The highest BCUT2D eigenvalue weighted by Crippen LogP contribution is 2.30. The van der Waals surface area contributed by atoms with Crippen LogP contribution in [0.4, 0.5) is 0 Å². The average molecular weight is 303 g/mol. The van der Waals surface area contributed by atoms with Gasteiger partial charge in [-0.05, 0) is 40.5 Å². The molecular weight excluding hydrogens is 288 g/mol. The van der Waals surface area contributed by atoms with Crippen LogP contribution in [-0.2, 0) is 9.53 Å². The molecule has 1 N–H and O–H groups in total. The van der Waals surface area contributed by atoms with Gasteiger partial charge in [-0.2, -0.15) is 0 Å². The predicted molar refractivity (Wildman–Crippen MR) is 66.8 cm³/mol. The molecule has 0 heterocycles. The molecule has 0 spiro atoms. The van der Waals surface area contributed by atoms with Gasteiger partial charge >= 0.3 is 5.97 Å². The third kappa shape index (κ3) is 3.20. The van der Waals surface area contributed by atoms with E-state index in [-0.39, 0.29) is 0 Å². The van der Waals surface area contributed by atoms with Crippen molar-refractivity contribution in [1.82, 2.24) is 0 Å². The van der Waals surface area contributed by atoms with Crippen LogP contribution in [0.1, 0.15) is 18.6 Å². The molecule has 5 heteroatoms. The summed E-state index contributed by atoms with van der Waals surface area (Å²) in [4.78, 5) is 11.3. The van der Waals surface area contributed by atoms with E-state index in [0.717, 1.165) is 4.47 Å². The molecule has 0 saturated heterocycles. The van der Waals surface area contributed by atoms with E-state index in [4.69, 9.17) is 4.74 Å². The first-order chi connectivity index (χ1) is 8.01. The van der Waals surface area contributed by atoms with Crippen molar-refractivity contribution in [2.24, 2.45) is 5.92 Å². The van der Waals surface area contributed by atoms with Gasteiger partial charge in [0.05, 0.1) is 30.7 Å². The molecule has 0 aliphatic carbocycles. The molecule has 1 rings (SSSR count). The fourth-order valence-corrected chi connectivity index (χ4v) is 2.03. The molecule has 0 amide bonds. The van der Waals surface area contributed by atoms with Crippen molar-refractivity contribution in [3.05, 3.63) is 28.2 Å². The van der Waals surface area contributed by atoms with Crippen molar-refractivity contribution in [3.63, 3.8) is 0 Å². The first-order valence-electron chi connectivity index (χ1n) is 5.10. The van der Waals surface area contributed by atoms with E-state index in [1.54, 1.807) is 32.2 Å². The fraction of sp³-hybridized carbons (Fsp3) is 0.417. The number of ether oxygens (including phenoxy) is 2. The summed E-state index contributed by atoms with van der Waals surface area (Å²) in [5, 5.41) is 10.0. The summed E-state index contributed by atoms with van der Waals surface area (Å²) >= 11 is 3.33. The lowest BCUT2D eigenvalue weighted by atomic mass is 9.97. The molecule has 2 unspecified atom stereocenters. The number of aliphatic hydroxyl groups is 1. The quantitative estimate of drug-likeness (QED) is 0.867. The highest BCUT2D eigenvalue weighted by molar-refractivity contribution is 9.10. The van der Waals surface area contributed by atoms with Crippen LogP contribution in [0.25, 0.3) is 0 Å². The lowest BCUT2D eigenvalue weighted by Crippen LogP contribution is -2.20. The Morgan fingerprint density at radius 1 is 1.41 bits per heavy atom. The molecule has 0 saturated carbocycles. The van der Waals surface area contributed by atoms with Crippen molar-refractivity contribution in [1.29, 1.82) is 0 Å². The number of carbonyl (C=O) groups is 1. The van der Waals surface area contributed by atoms with Crippen LogP contribution in [0.2, 0.25) is 0 Å². The van der Waals surface area contributed by atoms with Crippen molar-refractivity contribution >= 4 is 21.9 Å². The molecule has 0 bridgehead atoms. The average Bonchev–Trinajstić information content (AvgIpc) is 2.35. The Labute approximate surface area is 109 Å². The first-order valence-corrected chi connectivity index (χ1v) is 5.90. The predicted octanol–water partition coefficient (Wildman–Crippen LogP) is 2.30.